The first kappa shape index (κ1) is 42.5. The summed E-state index contributed by atoms with van der Waals surface area (Å²) < 4.78 is 28.9. The molecule has 14 heteroatoms. The molecule has 2 fully saturated rings. The molecule has 7 unspecified atom stereocenters. The summed E-state index contributed by atoms with van der Waals surface area (Å²) in [5.41, 5.74) is 0.330. The minimum absolute atomic E-state index is 0.0162. The third-order valence-corrected chi connectivity index (χ3v) is 12.5. The SMILES string of the molecule is COC1C=CC=C(C)Cc2cc(C)c(Cl)c(c2)N(C)C(=O)CC(OC(=O)CCCCC(=O)OCC[Si](C)(C)C)C2(C)OC2C(C)C2CC1(O)NC(=O)O2. The van der Waals surface area contributed by atoms with Crippen LogP contribution in [0.15, 0.2) is 35.9 Å². The molecule has 3 heterocycles. The largest absolute Gasteiger partial charge is 0.466 e. The zero-order valence-corrected chi connectivity index (χ0v) is 34.3. The van der Waals surface area contributed by atoms with E-state index in [0.29, 0.717) is 36.6 Å². The first-order chi connectivity index (χ1) is 24.8. The molecule has 0 aromatic heterocycles. The molecule has 0 spiro atoms. The van der Waals surface area contributed by atoms with Crippen LogP contribution in [0.1, 0.15) is 70.4 Å². The van der Waals surface area contributed by atoms with Crippen LogP contribution in [0.5, 0.6) is 0 Å². The molecule has 2 N–H and O–H groups in total. The first-order valence-corrected chi connectivity index (χ1v) is 22.5. The van der Waals surface area contributed by atoms with E-state index >= 15 is 0 Å². The van der Waals surface area contributed by atoms with Crippen molar-refractivity contribution in [3.63, 3.8) is 0 Å². The van der Waals surface area contributed by atoms with E-state index in [2.05, 4.69) is 25.0 Å². The van der Waals surface area contributed by atoms with Gasteiger partial charge in [-0.25, -0.2) is 4.79 Å². The zero-order valence-electron chi connectivity index (χ0n) is 32.6. The summed E-state index contributed by atoms with van der Waals surface area (Å²) >= 11 is 6.76. The second-order valence-electron chi connectivity index (χ2n) is 16.1. The lowest BCUT2D eigenvalue weighted by molar-refractivity contribution is -0.154. The maximum absolute atomic E-state index is 14.0. The average Bonchev–Trinajstić information content (AvgIpc) is 3.76. The van der Waals surface area contributed by atoms with Crippen molar-refractivity contribution in [1.29, 1.82) is 0 Å². The van der Waals surface area contributed by atoms with Crippen LogP contribution in [0, 0.1) is 12.8 Å². The number of ether oxygens (including phenoxy) is 5. The monoisotopic (exact) mass is 776 g/mol. The summed E-state index contributed by atoms with van der Waals surface area (Å²) in [5, 5.41) is 14.7. The fourth-order valence-corrected chi connectivity index (χ4v) is 7.89. The maximum Gasteiger partial charge on any atom is 0.409 e. The summed E-state index contributed by atoms with van der Waals surface area (Å²) in [6, 6.07) is 4.73. The quantitative estimate of drug-likeness (QED) is 0.0897. The molecule has 1 aromatic rings. The van der Waals surface area contributed by atoms with Crippen molar-refractivity contribution in [2.24, 2.45) is 5.92 Å². The van der Waals surface area contributed by atoms with E-state index in [9.17, 15) is 24.3 Å². The number of aryl methyl sites for hydroxylation is 1. The Hall–Kier alpha value is -3.23. The van der Waals surface area contributed by atoms with Crippen LogP contribution in [-0.2, 0) is 44.5 Å². The van der Waals surface area contributed by atoms with Gasteiger partial charge in [-0.3, -0.25) is 19.7 Å². The van der Waals surface area contributed by atoms with Crippen molar-refractivity contribution < 1.29 is 48.0 Å². The van der Waals surface area contributed by atoms with E-state index in [4.69, 9.17) is 35.3 Å². The zero-order chi connectivity index (χ0) is 39.3. The lowest BCUT2D eigenvalue weighted by Crippen LogP contribution is -2.63. The Morgan fingerprint density at radius 2 is 1.81 bits per heavy atom. The van der Waals surface area contributed by atoms with E-state index in [1.54, 1.807) is 26.1 Å². The van der Waals surface area contributed by atoms with Crippen LogP contribution >= 0.6 is 11.6 Å². The number of alkyl carbamates (subject to hydrolysis) is 1. The van der Waals surface area contributed by atoms with E-state index in [1.807, 2.05) is 39.0 Å². The minimum atomic E-state index is -1.79. The van der Waals surface area contributed by atoms with Gasteiger partial charge in [0, 0.05) is 47.4 Å². The molecule has 2 amide bonds. The topological polar surface area (TPSA) is 153 Å². The number of esters is 2. The smallest absolute Gasteiger partial charge is 0.409 e. The Bertz CT molecular complexity index is 1590. The number of hydrogen-bond acceptors (Lipinski definition) is 10. The van der Waals surface area contributed by atoms with Crippen molar-refractivity contribution in [1.82, 2.24) is 5.32 Å². The first-order valence-electron chi connectivity index (χ1n) is 18.4. The Kier molecular flexibility index (Phi) is 14.0. The van der Waals surface area contributed by atoms with E-state index < -0.39 is 61.8 Å². The normalized spacial score (nSPS) is 29.4. The Balaban J connectivity index is 1.59. The molecule has 2 saturated heterocycles. The van der Waals surface area contributed by atoms with Crippen molar-refractivity contribution in [3.05, 3.63) is 52.1 Å². The van der Waals surface area contributed by atoms with E-state index in [0.717, 1.165) is 22.7 Å². The number of allylic oxidation sites excluding steroid dienone is 3. The van der Waals surface area contributed by atoms with Crippen molar-refractivity contribution in [3.8, 4) is 0 Å². The Morgan fingerprint density at radius 3 is 2.47 bits per heavy atom. The number of benzene rings is 1. The van der Waals surface area contributed by atoms with Crippen molar-refractivity contribution >= 4 is 49.3 Å². The number of nitrogens with one attached hydrogen (secondary N) is 1. The summed E-state index contributed by atoms with van der Waals surface area (Å²) in [4.78, 5) is 53.8. The van der Waals surface area contributed by atoms with Crippen molar-refractivity contribution in [2.45, 2.75) is 134 Å². The van der Waals surface area contributed by atoms with Gasteiger partial charge in [0.2, 0.25) is 5.91 Å². The lowest BCUT2D eigenvalue weighted by Gasteiger charge is -2.42. The van der Waals surface area contributed by atoms with Gasteiger partial charge in [0.15, 0.2) is 5.72 Å². The van der Waals surface area contributed by atoms with Gasteiger partial charge in [-0.1, -0.05) is 68.0 Å². The summed E-state index contributed by atoms with van der Waals surface area (Å²) in [6.45, 7) is 14.5. The van der Waals surface area contributed by atoms with Gasteiger partial charge in [0.25, 0.3) is 0 Å². The molecule has 53 heavy (non-hydrogen) atoms. The minimum Gasteiger partial charge on any atom is -0.466 e. The highest BCUT2D eigenvalue weighted by molar-refractivity contribution is 6.76. The molecule has 0 radical (unpaired) electrons. The molecule has 4 rings (SSSR count). The highest BCUT2D eigenvalue weighted by atomic mass is 35.5. The fraction of sp³-hybridized carbons (Fsp3) is 0.641. The van der Waals surface area contributed by atoms with Gasteiger partial charge in [-0.15, -0.1) is 0 Å². The van der Waals surface area contributed by atoms with Crippen LogP contribution in [0.25, 0.3) is 0 Å². The number of carbonyl (C=O) groups is 4. The van der Waals surface area contributed by atoms with E-state index in [-0.39, 0.29) is 37.6 Å². The number of epoxide rings is 1. The highest BCUT2D eigenvalue weighted by Gasteiger charge is 2.64. The van der Waals surface area contributed by atoms with Crippen LogP contribution < -0.4 is 10.2 Å². The summed E-state index contributed by atoms with van der Waals surface area (Å²) in [7, 11) is 1.77. The average molecular weight is 777 g/mol. The van der Waals surface area contributed by atoms with Gasteiger partial charge in [-0.05, 0) is 63.3 Å². The maximum atomic E-state index is 14.0. The van der Waals surface area contributed by atoms with E-state index in [1.165, 1.54) is 12.0 Å². The molecule has 1 aromatic carbocycles. The molecular weight excluding hydrogens is 720 g/mol. The molecule has 7 atom stereocenters. The fourth-order valence-electron chi connectivity index (χ4n) is 6.94. The third-order valence-electron chi connectivity index (χ3n) is 10.3. The van der Waals surface area contributed by atoms with Crippen molar-refractivity contribution in [2.75, 3.05) is 25.7 Å². The van der Waals surface area contributed by atoms with Gasteiger partial charge >= 0.3 is 18.0 Å². The van der Waals surface area contributed by atoms with Gasteiger partial charge in [0.05, 0.1) is 29.8 Å². The number of hydrogen-bond donors (Lipinski definition) is 2. The number of methoxy groups -OCH3 is 1. The van der Waals surface area contributed by atoms with Gasteiger partial charge < -0.3 is 33.7 Å². The summed E-state index contributed by atoms with van der Waals surface area (Å²) in [5.74, 6) is -1.64. The number of carbonyl (C=O) groups excluding carboxylic acids is 4. The highest BCUT2D eigenvalue weighted by Crippen LogP contribution is 2.49. The number of halogens is 1. The van der Waals surface area contributed by atoms with Gasteiger partial charge in [-0.2, -0.15) is 0 Å². The second kappa shape index (κ2) is 17.5. The van der Waals surface area contributed by atoms with Crippen LogP contribution in [0.3, 0.4) is 0 Å². The molecule has 0 aliphatic carbocycles. The number of fused-ring (bicyclic) bond motifs is 5. The molecule has 12 nitrogen and oxygen atoms in total. The molecule has 294 valence electrons. The molecule has 3 aliphatic rings. The molecule has 3 aliphatic heterocycles. The molecule has 0 saturated carbocycles. The third kappa shape index (κ3) is 11.2. The number of anilines is 1. The number of aliphatic hydroxyl groups is 1. The molecule has 4 bridgehead atoms. The lowest BCUT2D eigenvalue weighted by atomic mass is 9.83. The predicted molar refractivity (Wildman–Crippen MR) is 204 cm³/mol. The number of unbranched alkanes of at least 4 members (excludes halogenated alkanes) is 1. The molecular formula is C39H57ClN2O10Si. The standard InChI is InChI=1S/C39H57ClN2O10Si/c1-24-13-12-14-30(48-6)39(47)23-29(50-37(46)41-39)26(3)36-38(4,52-36)31(22-32(43)42(5)28-21-27(19-24)20-25(2)35(28)40)51-34(45)16-11-10-15-33(44)49-17-18-53(7,8)9/h12-14,20-21,26,29-31,36,47H,10-11,15-19,22-23H2,1-9H3,(H,41,46). The van der Waals surface area contributed by atoms with Gasteiger partial charge in [0.1, 0.15) is 23.9 Å². The Morgan fingerprint density at radius 1 is 1.13 bits per heavy atom. The number of nitrogens with zero attached hydrogens (tertiary/aromatic N) is 1. The van der Waals surface area contributed by atoms with Crippen LogP contribution in [0.4, 0.5) is 10.5 Å². The predicted octanol–water partition coefficient (Wildman–Crippen LogP) is 6.41. The Labute approximate surface area is 319 Å². The number of rotatable bonds is 10. The van der Waals surface area contributed by atoms with Crippen LogP contribution in [0.2, 0.25) is 30.7 Å². The second-order valence-corrected chi connectivity index (χ2v) is 22.1. The number of amides is 2. The van der Waals surface area contributed by atoms with Crippen LogP contribution in [-0.4, -0.2) is 93.6 Å². The summed E-state index contributed by atoms with van der Waals surface area (Å²) in [6.07, 6.45) is 2.63.